The van der Waals surface area contributed by atoms with Gasteiger partial charge >= 0.3 is 0 Å². The van der Waals surface area contributed by atoms with Gasteiger partial charge in [-0.15, -0.1) is 35.3 Å². The molecule has 2 heterocycles. The topological polar surface area (TPSA) is 62.2 Å². The van der Waals surface area contributed by atoms with Crippen LogP contribution in [0.2, 0.25) is 0 Å². The molecule has 0 atom stereocenters. The monoisotopic (exact) mass is 495 g/mol. The van der Waals surface area contributed by atoms with Gasteiger partial charge in [-0.1, -0.05) is 25.1 Å². The zero-order chi connectivity index (χ0) is 18.2. The van der Waals surface area contributed by atoms with Gasteiger partial charge in [0.1, 0.15) is 0 Å². The second kappa shape index (κ2) is 11.2. The number of aryl methyl sites for hydroxylation is 1. The number of aliphatic imine (C=N–C) groups is 1. The molecule has 2 N–H and O–H groups in total. The highest BCUT2D eigenvalue weighted by Crippen LogP contribution is 2.17. The molecule has 0 aliphatic carbocycles. The summed E-state index contributed by atoms with van der Waals surface area (Å²) in [6.45, 7) is 6.51. The third-order valence-corrected chi connectivity index (χ3v) is 5.27. The molecular formula is C20H26IN5S. The van der Waals surface area contributed by atoms with E-state index in [0.717, 1.165) is 42.8 Å². The first-order valence-electron chi connectivity index (χ1n) is 9.08. The van der Waals surface area contributed by atoms with E-state index in [1.807, 2.05) is 36.7 Å². The molecule has 0 radical (unpaired) electrons. The largest absolute Gasteiger partial charge is 0.357 e. The molecule has 0 fully saturated rings. The van der Waals surface area contributed by atoms with Crippen molar-refractivity contribution in [1.29, 1.82) is 0 Å². The quantitative estimate of drug-likeness (QED) is 0.294. The molecule has 0 unspecified atom stereocenters. The molecule has 0 saturated carbocycles. The molecule has 0 aliphatic rings. The molecule has 0 amide bonds. The standard InChI is InChI=1S/C20H25N5S.HI/c1-3-16-14-24-19(26-16)10-12-23-20(21-4-2)25-13-15-9-11-22-18-8-6-5-7-17(15)18;/h5-9,11,14H,3-4,10,12-13H2,1-2H3,(H2,21,23,25);1H. The van der Waals surface area contributed by atoms with Crippen molar-refractivity contribution in [1.82, 2.24) is 20.6 Å². The Labute approximate surface area is 181 Å². The summed E-state index contributed by atoms with van der Waals surface area (Å²) in [5.74, 6) is 0.834. The molecule has 0 saturated heterocycles. The van der Waals surface area contributed by atoms with Crippen molar-refractivity contribution in [3.8, 4) is 0 Å². The molecule has 1 aromatic carbocycles. The number of halogens is 1. The van der Waals surface area contributed by atoms with Crippen molar-refractivity contribution in [2.45, 2.75) is 33.2 Å². The number of guanidine groups is 1. The number of benzene rings is 1. The summed E-state index contributed by atoms with van der Waals surface area (Å²) < 4.78 is 0. The number of pyridine rings is 1. The van der Waals surface area contributed by atoms with Crippen molar-refractivity contribution >= 4 is 52.2 Å². The van der Waals surface area contributed by atoms with E-state index in [1.165, 1.54) is 15.4 Å². The minimum Gasteiger partial charge on any atom is -0.357 e. The number of nitrogens with one attached hydrogen (secondary N) is 2. The molecule has 7 heteroatoms. The fourth-order valence-corrected chi connectivity index (χ4v) is 3.58. The van der Waals surface area contributed by atoms with Crippen LogP contribution in [0.1, 0.15) is 29.3 Å². The van der Waals surface area contributed by atoms with Gasteiger partial charge in [-0.2, -0.15) is 0 Å². The molecule has 27 heavy (non-hydrogen) atoms. The van der Waals surface area contributed by atoms with E-state index in [0.29, 0.717) is 6.54 Å². The van der Waals surface area contributed by atoms with Gasteiger partial charge in [0, 0.05) is 42.2 Å². The van der Waals surface area contributed by atoms with Crippen LogP contribution in [0.25, 0.3) is 10.9 Å². The lowest BCUT2D eigenvalue weighted by Gasteiger charge is -2.11. The van der Waals surface area contributed by atoms with Gasteiger partial charge in [0.2, 0.25) is 0 Å². The number of aromatic nitrogens is 2. The van der Waals surface area contributed by atoms with E-state index >= 15 is 0 Å². The minimum atomic E-state index is 0. The summed E-state index contributed by atoms with van der Waals surface area (Å²) in [5, 5.41) is 9.04. The van der Waals surface area contributed by atoms with Gasteiger partial charge in [0.05, 0.1) is 17.1 Å². The van der Waals surface area contributed by atoms with E-state index in [2.05, 4.69) is 40.5 Å². The molecule has 0 bridgehead atoms. The lowest BCUT2D eigenvalue weighted by atomic mass is 10.1. The average molecular weight is 495 g/mol. The lowest BCUT2D eigenvalue weighted by Crippen LogP contribution is -2.38. The number of nitrogens with zero attached hydrogens (tertiary/aromatic N) is 3. The van der Waals surface area contributed by atoms with Crippen molar-refractivity contribution in [2.75, 3.05) is 13.1 Å². The van der Waals surface area contributed by atoms with Crippen molar-refractivity contribution in [3.05, 3.63) is 58.2 Å². The average Bonchev–Trinajstić information content (AvgIpc) is 3.14. The van der Waals surface area contributed by atoms with Gasteiger partial charge in [-0.25, -0.2) is 9.98 Å². The summed E-state index contributed by atoms with van der Waals surface area (Å²) in [6.07, 6.45) is 5.79. The van der Waals surface area contributed by atoms with Crippen molar-refractivity contribution < 1.29 is 0 Å². The Balaban J connectivity index is 0.00000261. The zero-order valence-electron chi connectivity index (χ0n) is 15.7. The molecule has 5 nitrogen and oxygen atoms in total. The van der Waals surface area contributed by atoms with Crippen LogP contribution in [0.5, 0.6) is 0 Å². The van der Waals surface area contributed by atoms with Crippen LogP contribution in [-0.4, -0.2) is 29.0 Å². The third kappa shape index (κ3) is 6.14. The van der Waals surface area contributed by atoms with E-state index in [-0.39, 0.29) is 24.0 Å². The van der Waals surface area contributed by atoms with Crippen LogP contribution < -0.4 is 10.6 Å². The Morgan fingerprint density at radius 1 is 1.11 bits per heavy atom. The number of hydrogen-bond acceptors (Lipinski definition) is 4. The Kier molecular flexibility index (Phi) is 8.93. The first-order valence-corrected chi connectivity index (χ1v) is 9.90. The maximum absolute atomic E-state index is 4.74. The Bertz CT molecular complexity index is 872. The summed E-state index contributed by atoms with van der Waals surface area (Å²) >= 11 is 1.79. The van der Waals surface area contributed by atoms with Crippen LogP contribution in [0.4, 0.5) is 0 Å². The summed E-state index contributed by atoms with van der Waals surface area (Å²) in [6, 6.07) is 10.2. The van der Waals surface area contributed by atoms with E-state index < -0.39 is 0 Å². The Morgan fingerprint density at radius 3 is 2.74 bits per heavy atom. The second-order valence-electron chi connectivity index (χ2n) is 5.93. The predicted molar refractivity (Wildman–Crippen MR) is 125 cm³/mol. The first-order chi connectivity index (χ1) is 12.8. The number of para-hydroxylation sites is 1. The van der Waals surface area contributed by atoms with E-state index in [1.54, 1.807) is 11.3 Å². The van der Waals surface area contributed by atoms with Gasteiger partial charge in [0.15, 0.2) is 5.96 Å². The smallest absolute Gasteiger partial charge is 0.191 e. The number of thiazole rings is 1. The van der Waals surface area contributed by atoms with Crippen LogP contribution >= 0.6 is 35.3 Å². The number of rotatable bonds is 7. The van der Waals surface area contributed by atoms with Gasteiger partial charge in [-0.05, 0) is 31.0 Å². The normalized spacial score (nSPS) is 11.3. The predicted octanol–water partition coefficient (Wildman–Crippen LogP) is 4.17. The highest BCUT2D eigenvalue weighted by Gasteiger charge is 2.04. The zero-order valence-corrected chi connectivity index (χ0v) is 18.9. The molecular weight excluding hydrogens is 469 g/mol. The Morgan fingerprint density at radius 2 is 1.96 bits per heavy atom. The van der Waals surface area contributed by atoms with Gasteiger partial charge < -0.3 is 10.6 Å². The minimum absolute atomic E-state index is 0. The second-order valence-corrected chi connectivity index (χ2v) is 7.13. The maximum atomic E-state index is 4.74. The summed E-state index contributed by atoms with van der Waals surface area (Å²) in [7, 11) is 0. The number of fused-ring (bicyclic) bond motifs is 1. The lowest BCUT2D eigenvalue weighted by molar-refractivity contribution is 0.797. The van der Waals surface area contributed by atoms with Crippen molar-refractivity contribution in [3.63, 3.8) is 0 Å². The van der Waals surface area contributed by atoms with Gasteiger partial charge in [0.25, 0.3) is 0 Å². The van der Waals surface area contributed by atoms with Crippen molar-refractivity contribution in [2.24, 2.45) is 4.99 Å². The third-order valence-electron chi connectivity index (χ3n) is 4.07. The number of hydrogen-bond donors (Lipinski definition) is 2. The van der Waals surface area contributed by atoms with E-state index in [9.17, 15) is 0 Å². The summed E-state index contributed by atoms with van der Waals surface area (Å²) in [5.41, 5.74) is 2.19. The maximum Gasteiger partial charge on any atom is 0.191 e. The molecule has 2 aromatic heterocycles. The molecule has 0 aliphatic heterocycles. The van der Waals surface area contributed by atoms with Crippen LogP contribution in [0.15, 0.2) is 47.7 Å². The van der Waals surface area contributed by atoms with Crippen LogP contribution in [0.3, 0.4) is 0 Å². The SMILES string of the molecule is CCNC(=NCc1ccnc2ccccc12)NCCc1ncc(CC)s1.I. The Hall–Kier alpha value is -1.74. The molecule has 3 aromatic rings. The van der Waals surface area contributed by atoms with Crippen LogP contribution in [-0.2, 0) is 19.4 Å². The highest BCUT2D eigenvalue weighted by atomic mass is 127. The molecule has 144 valence electrons. The fraction of sp³-hybridized carbons (Fsp3) is 0.350. The summed E-state index contributed by atoms with van der Waals surface area (Å²) in [4.78, 5) is 15.0. The van der Waals surface area contributed by atoms with Crippen LogP contribution in [0, 0.1) is 0 Å². The molecule has 0 spiro atoms. The molecule has 3 rings (SSSR count). The fourth-order valence-electron chi connectivity index (χ4n) is 2.71. The first kappa shape index (κ1) is 21.6. The van der Waals surface area contributed by atoms with Gasteiger partial charge in [-0.3, -0.25) is 4.98 Å². The van der Waals surface area contributed by atoms with E-state index in [4.69, 9.17) is 4.99 Å². The highest BCUT2D eigenvalue weighted by molar-refractivity contribution is 14.0.